The van der Waals surface area contributed by atoms with Crippen LogP contribution in [0.1, 0.15) is 29.3 Å². The molecule has 1 heterocycles. The number of nitrogens with one attached hydrogen (secondary N) is 1. The molecular formula is C20H22FN3O4S. The van der Waals surface area contributed by atoms with Gasteiger partial charge in [0.25, 0.3) is 10.2 Å². The van der Waals surface area contributed by atoms with Gasteiger partial charge in [0.15, 0.2) is 5.78 Å². The standard InChI is InChI=1S/C20H22FN3O4S/c1-15(25)17-5-9-19(10-6-17)22-20(26)14-24-12-2-11-23(29(24,27)28)13-16-3-7-18(21)8-4-16/h3-10H,2,11-14H2,1H3,(H,22,26). The van der Waals surface area contributed by atoms with Crippen LogP contribution in [0.2, 0.25) is 0 Å². The maximum atomic E-state index is 13.1. The van der Waals surface area contributed by atoms with Gasteiger partial charge in [0.1, 0.15) is 5.82 Å². The molecule has 1 N–H and O–H groups in total. The largest absolute Gasteiger partial charge is 0.325 e. The van der Waals surface area contributed by atoms with Crippen molar-refractivity contribution in [3.63, 3.8) is 0 Å². The van der Waals surface area contributed by atoms with Gasteiger partial charge in [-0.2, -0.15) is 17.0 Å². The number of hydrogen-bond donors (Lipinski definition) is 1. The lowest BCUT2D eigenvalue weighted by Gasteiger charge is -2.34. The van der Waals surface area contributed by atoms with Crippen molar-refractivity contribution in [3.05, 3.63) is 65.5 Å². The summed E-state index contributed by atoms with van der Waals surface area (Å²) in [7, 11) is -3.81. The molecule has 1 aliphatic heterocycles. The maximum Gasteiger partial charge on any atom is 0.282 e. The van der Waals surface area contributed by atoms with E-state index in [0.717, 1.165) is 4.31 Å². The third kappa shape index (κ3) is 5.26. The number of carbonyl (C=O) groups excluding carboxylic acids is 2. The van der Waals surface area contributed by atoms with Crippen molar-refractivity contribution in [2.75, 3.05) is 25.0 Å². The van der Waals surface area contributed by atoms with Gasteiger partial charge in [-0.15, -0.1) is 0 Å². The van der Waals surface area contributed by atoms with Crippen molar-refractivity contribution in [2.24, 2.45) is 0 Å². The van der Waals surface area contributed by atoms with Crippen LogP contribution in [-0.2, 0) is 21.5 Å². The summed E-state index contributed by atoms with van der Waals surface area (Å²) in [6.07, 6.45) is 0.584. The van der Waals surface area contributed by atoms with Crippen molar-refractivity contribution >= 4 is 27.6 Å². The molecule has 9 heteroatoms. The van der Waals surface area contributed by atoms with Crippen LogP contribution in [0.15, 0.2) is 48.5 Å². The fraction of sp³-hybridized carbons (Fsp3) is 0.300. The average molecular weight is 419 g/mol. The molecule has 0 unspecified atom stereocenters. The fourth-order valence-electron chi connectivity index (χ4n) is 3.08. The van der Waals surface area contributed by atoms with E-state index in [1.807, 2.05) is 0 Å². The Hall–Kier alpha value is -2.62. The smallest absolute Gasteiger partial charge is 0.282 e. The van der Waals surface area contributed by atoms with Crippen LogP contribution in [0.4, 0.5) is 10.1 Å². The minimum absolute atomic E-state index is 0.0801. The highest BCUT2D eigenvalue weighted by molar-refractivity contribution is 7.86. The normalized spacial score (nSPS) is 17.0. The lowest BCUT2D eigenvalue weighted by Crippen LogP contribution is -2.51. The van der Waals surface area contributed by atoms with Crippen molar-refractivity contribution < 1.29 is 22.4 Å². The molecule has 0 atom stereocenters. The predicted octanol–water partition coefficient (Wildman–Crippen LogP) is 2.42. The Balaban J connectivity index is 1.64. The van der Waals surface area contributed by atoms with E-state index in [2.05, 4.69) is 5.32 Å². The second-order valence-corrected chi connectivity index (χ2v) is 8.77. The Bertz CT molecular complexity index is 991. The van der Waals surface area contributed by atoms with Crippen molar-refractivity contribution in [1.82, 2.24) is 8.61 Å². The van der Waals surface area contributed by atoms with Gasteiger partial charge in [0, 0.05) is 30.9 Å². The van der Waals surface area contributed by atoms with Gasteiger partial charge in [-0.3, -0.25) is 9.59 Å². The Labute approximate surface area is 169 Å². The van der Waals surface area contributed by atoms with Crippen LogP contribution in [0.3, 0.4) is 0 Å². The third-order valence-electron chi connectivity index (χ3n) is 4.63. The molecular weight excluding hydrogens is 397 g/mol. The molecule has 0 saturated carbocycles. The number of carbonyl (C=O) groups is 2. The number of ketones is 1. The van der Waals surface area contributed by atoms with Gasteiger partial charge >= 0.3 is 0 Å². The van der Waals surface area contributed by atoms with Crippen LogP contribution in [0.25, 0.3) is 0 Å². The molecule has 1 amide bonds. The summed E-state index contributed by atoms with van der Waals surface area (Å²) in [6.45, 7) is 1.85. The highest BCUT2D eigenvalue weighted by Crippen LogP contribution is 2.20. The second-order valence-electron chi connectivity index (χ2n) is 6.84. The molecule has 1 fully saturated rings. The van der Waals surface area contributed by atoms with Crippen LogP contribution in [-0.4, -0.2) is 48.4 Å². The van der Waals surface area contributed by atoms with Gasteiger partial charge in [0.2, 0.25) is 5.91 Å². The monoisotopic (exact) mass is 419 g/mol. The van der Waals surface area contributed by atoms with E-state index in [1.165, 1.54) is 23.4 Å². The van der Waals surface area contributed by atoms with E-state index in [4.69, 9.17) is 0 Å². The SMILES string of the molecule is CC(=O)c1ccc(NC(=O)CN2CCCN(Cc3ccc(F)cc3)S2(=O)=O)cc1. The second kappa shape index (κ2) is 8.81. The zero-order valence-corrected chi connectivity index (χ0v) is 16.8. The maximum absolute atomic E-state index is 13.1. The van der Waals surface area contributed by atoms with Gasteiger partial charge in [-0.25, -0.2) is 4.39 Å². The van der Waals surface area contributed by atoms with Gasteiger partial charge in [0.05, 0.1) is 6.54 Å². The number of nitrogens with zero attached hydrogens (tertiary/aromatic N) is 2. The minimum atomic E-state index is -3.81. The number of benzene rings is 2. The van der Waals surface area contributed by atoms with Crippen molar-refractivity contribution in [3.8, 4) is 0 Å². The first-order valence-electron chi connectivity index (χ1n) is 9.16. The molecule has 0 aliphatic carbocycles. The first kappa shape index (κ1) is 21.1. The van der Waals surface area contributed by atoms with Crippen LogP contribution < -0.4 is 5.32 Å². The quantitative estimate of drug-likeness (QED) is 0.729. The number of halogens is 1. The Morgan fingerprint density at radius 3 is 2.24 bits per heavy atom. The summed E-state index contributed by atoms with van der Waals surface area (Å²) in [5.74, 6) is -0.929. The Morgan fingerprint density at radius 2 is 1.62 bits per heavy atom. The molecule has 0 spiro atoms. The fourth-order valence-corrected chi connectivity index (χ4v) is 4.72. The van der Waals surface area contributed by atoms with E-state index < -0.39 is 16.1 Å². The zero-order chi connectivity index (χ0) is 21.0. The summed E-state index contributed by atoms with van der Waals surface area (Å²) >= 11 is 0. The molecule has 29 heavy (non-hydrogen) atoms. The molecule has 2 aromatic carbocycles. The summed E-state index contributed by atoms with van der Waals surface area (Å²) in [6, 6.07) is 12.0. The predicted molar refractivity (Wildman–Crippen MR) is 107 cm³/mol. The molecule has 7 nitrogen and oxygen atoms in total. The third-order valence-corrected chi connectivity index (χ3v) is 6.56. The number of rotatable bonds is 6. The van der Waals surface area contributed by atoms with Crippen molar-refractivity contribution in [1.29, 1.82) is 0 Å². The first-order valence-corrected chi connectivity index (χ1v) is 10.6. The average Bonchev–Trinajstić information content (AvgIpc) is 2.67. The molecule has 0 bridgehead atoms. The van der Waals surface area contributed by atoms with E-state index in [9.17, 15) is 22.4 Å². The summed E-state index contributed by atoms with van der Waals surface area (Å²) in [4.78, 5) is 23.7. The molecule has 2 aromatic rings. The highest BCUT2D eigenvalue weighted by atomic mass is 32.2. The summed E-state index contributed by atoms with van der Waals surface area (Å²) < 4.78 is 41.2. The van der Waals surface area contributed by atoms with Crippen molar-refractivity contribution in [2.45, 2.75) is 19.9 Å². The minimum Gasteiger partial charge on any atom is -0.325 e. The van der Waals surface area contributed by atoms with Crippen LogP contribution >= 0.6 is 0 Å². The molecule has 3 rings (SSSR count). The topological polar surface area (TPSA) is 86.8 Å². The van der Waals surface area contributed by atoms with Crippen LogP contribution in [0, 0.1) is 5.82 Å². The van der Waals surface area contributed by atoms with Gasteiger partial charge in [-0.1, -0.05) is 12.1 Å². The molecule has 0 aromatic heterocycles. The Morgan fingerprint density at radius 1 is 1.00 bits per heavy atom. The number of anilines is 1. The summed E-state index contributed by atoms with van der Waals surface area (Å²) in [5, 5.41) is 2.65. The molecule has 1 aliphatic rings. The van der Waals surface area contributed by atoms with E-state index in [0.29, 0.717) is 29.8 Å². The number of amides is 1. The molecule has 154 valence electrons. The molecule has 0 radical (unpaired) electrons. The van der Waals surface area contributed by atoms with Gasteiger partial charge in [-0.05, 0) is 55.3 Å². The zero-order valence-electron chi connectivity index (χ0n) is 16.0. The summed E-state index contributed by atoms with van der Waals surface area (Å²) in [5.41, 5.74) is 1.68. The lowest BCUT2D eigenvalue weighted by atomic mass is 10.1. The van der Waals surface area contributed by atoms with E-state index >= 15 is 0 Å². The van der Waals surface area contributed by atoms with E-state index in [-0.39, 0.29) is 31.2 Å². The molecule has 1 saturated heterocycles. The Kier molecular flexibility index (Phi) is 6.41. The highest BCUT2D eigenvalue weighted by Gasteiger charge is 2.34. The lowest BCUT2D eigenvalue weighted by molar-refractivity contribution is -0.116. The number of hydrogen-bond acceptors (Lipinski definition) is 4. The van der Waals surface area contributed by atoms with Crippen LogP contribution in [0.5, 0.6) is 0 Å². The van der Waals surface area contributed by atoms with Gasteiger partial charge < -0.3 is 5.32 Å². The van der Waals surface area contributed by atoms with E-state index in [1.54, 1.807) is 36.4 Å². The number of Topliss-reactive ketones (excluding diaryl/α,β-unsaturated/α-hetero) is 1. The first-order chi connectivity index (χ1) is 13.8.